The molecule has 0 bridgehead atoms. The van der Waals surface area contributed by atoms with Crippen LogP contribution in [0, 0.1) is 0 Å². The summed E-state index contributed by atoms with van der Waals surface area (Å²) in [4.78, 5) is 0. The molecule has 2 fully saturated rings. The summed E-state index contributed by atoms with van der Waals surface area (Å²) in [6, 6.07) is 0.123. The van der Waals surface area contributed by atoms with Gasteiger partial charge in [-0.05, 0) is 25.7 Å². The largest absolute Gasteiger partial charge is 0.376 e. The third kappa shape index (κ3) is 2.58. The van der Waals surface area contributed by atoms with E-state index in [1.807, 2.05) is 0 Å². The predicted octanol–water partition coefficient (Wildman–Crippen LogP) is 1.93. The molecule has 16 heavy (non-hydrogen) atoms. The van der Waals surface area contributed by atoms with Crippen molar-refractivity contribution in [3.63, 3.8) is 0 Å². The minimum atomic E-state index is -0.263. The maximum absolute atomic E-state index is 6.60. The fourth-order valence-electron chi connectivity index (χ4n) is 3.17. The predicted molar refractivity (Wildman–Crippen MR) is 66.2 cm³/mol. The first-order valence-corrected chi connectivity index (χ1v) is 6.89. The Hall–Kier alpha value is -0.120. The van der Waals surface area contributed by atoms with E-state index in [1.165, 1.54) is 38.5 Å². The number of hydrogen-bond donors (Lipinski definition) is 2. The van der Waals surface area contributed by atoms with E-state index in [9.17, 15) is 0 Å². The van der Waals surface area contributed by atoms with Crippen LogP contribution in [0.5, 0.6) is 0 Å². The van der Waals surface area contributed by atoms with Crippen LogP contribution in [-0.4, -0.2) is 24.3 Å². The van der Waals surface area contributed by atoms with Crippen LogP contribution in [0.25, 0.3) is 0 Å². The summed E-state index contributed by atoms with van der Waals surface area (Å²) in [5, 5.41) is 0. The first kappa shape index (κ1) is 12.3. The van der Waals surface area contributed by atoms with E-state index >= 15 is 0 Å². The zero-order valence-corrected chi connectivity index (χ0v) is 10.3. The van der Waals surface area contributed by atoms with Crippen LogP contribution in [0.1, 0.15) is 57.8 Å². The SMILES string of the molecule is NC1CCCCCC1(N)C1CCCCCO1. The quantitative estimate of drug-likeness (QED) is 0.672. The van der Waals surface area contributed by atoms with Gasteiger partial charge >= 0.3 is 0 Å². The molecular formula is C13H26N2O. The van der Waals surface area contributed by atoms with Crippen molar-refractivity contribution in [2.75, 3.05) is 6.61 Å². The molecule has 0 spiro atoms. The maximum Gasteiger partial charge on any atom is 0.0769 e. The van der Waals surface area contributed by atoms with Crippen molar-refractivity contribution in [1.29, 1.82) is 0 Å². The molecule has 0 aromatic heterocycles. The van der Waals surface area contributed by atoms with Gasteiger partial charge in [-0.1, -0.05) is 32.1 Å². The molecule has 2 aliphatic rings. The van der Waals surface area contributed by atoms with Crippen LogP contribution in [-0.2, 0) is 4.74 Å². The average molecular weight is 226 g/mol. The van der Waals surface area contributed by atoms with Gasteiger partial charge in [-0.2, -0.15) is 0 Å². The van der Waals surface area contributed by atoms with Crippen LogP contribution in [0.2, 0.25) is 0 Å². The van der Waals surface area contributed by atoms with Gasteiger partial charge in [-0.15, -0.1) is 0 Å². The summed E-state index contributed by atoms with van der Waals surface area (Å²) < 4.78 is 5.97. The highest BCUT2D eigenvalue weighted by Gasteiger charge is 2.41. The molecule has 1 heterocycles. The third-order valence-electron chi connectivity index (χ3n) is 4.34. The van der Waals surface area contributed by atoms with Crippen LogP contribution >= 0.6 is 0 Å². The van der Waals surface area contributed by atoms with Crippen molar-refractivity contribution in [2.24, 2.45) is 11.5 Å². The van der Waals surface area contributed by atoms with Crippen molar-refractivity contribution in [1.82, 2.24) is 0 Å². The second-order valence-electron chi connectivity index (χ2n) is 5.53. The molecule has 1 saturated heterocycles. The van der Waals surface area contributed by atoms with Crippen molar-refractivity contribution < 1.29 is 4.74 Å². The number of nitrogens with two attached hydrogens (primary N) is 2. The minimum absolute atomic E-state index is 0.123. The van der Waals surface area contributed by atoms with Crippen molar-refractivity contribution >= 4 is 0 Å². The van der Waals surface area contributed by atoms with Gasteiger partial charge in [0.1, 0.15) is 0 Å². The van der Waals surface area contributed by atoms with Crippen LogP contribution in [0.3, 0.4) is 0 Å². The van der Waals surface area contributed by atoms with E-state index in [1.54, 1.807) is 0 Å². The fourth-order valence-corrected chi connectivity index (χ4v) is 3.17. The van der Waals surface area contributed by atoms with Crippen LogP contribution < -0.4 is 11.5 Å². The molecule has 3 atom stereocenters. The van der Waals surface area contributed by atoms with E-state index in [4.69, 9.17) is 16.2 Å². The molecule has 94 valence electrons. The summed E-state index contributed by atoms with van der Waals surface area (Å²) in [7, 11) is 0. The normalized spacial score (nSPS) is 42.4. The first-order valence-electron chi connectivity index (χ1n) is 6.89. The molecule has 1 aliphatic carbocycles. The molecule has 3 unspecified atom stereocenters. The monoisotopic (exact) mass is 226 g/mol. The second kappa shape index (κ2) is 5.48. The molecule has 4 N–H and O–H groups in total. The summed E-state index contributed by atoms with van der Waals surface area (Å²) in [5.74, 6) is 0. The Morgan fingerprint density at radius 2 is 1.69 bits per heavy atom. The van der Waals surface area contributed by atoms with Gasteiger partial charge in [-0.25, -0.2) is 0 Å². The van der Waals surface area contributed by atoms with E-state index < -0.39 is 0 Å². The van der Waals surface area contributed by atoms with Gasteiger partial charge in [0.05, 0.1) is 11.6 Å². The summed E-state index contributed by atoms with van der Waals surface area (Å²) in [6.07, 6.45) is 10.8. The fraction of sp³-hybridized carbons (Fsp3) is 1.00. The minimum Gasteiger partial charge on any atom is -0.376 e. The maximum atomic E-state index is 6.60. The second-order valence-corrected chi connectivity index (χ2v) is 5.53. The molecule has 0 aromatic rings. The first-order chi connectivity index (χ1) is 7.73. The number of rotatable bonds is 1. The highest BCUT2D eigenvalue weighted by Crippen LogP contribution is 2.32. The molecule has 0 radical (unpaired) electrons. The van der Waals surface area contributed by atoms with E-state index in [0.29, 0.717) is 0 Å². The van der Waals surface area contributed by atoms with Crippen molar-refractivity contribution in [3.05, 3.63) is 0 Å². The van der Waals surface area contributed by atoms with Crippen LogP contribution in [0.15, 0.2) is 0 Å². The highest BCUT2D eigenvalue weighted by molar-refractivity contribution is 5.02. The highest BCUT2D eigenvalue weighted by atomic mass is 16.5. The topological polar surface area (TPSA) is 61.3 Å². The molecule has 2 rings (SSSR count). The van der Waals surface area contributed by atoms with Crippen LogP contribution in [0.4, 0.5) is 0 Å². The molecule has 3 nitrogen and oxygen atoms in total. The van der Waals surface area contributed by atoms with E-state index in [-0.39, 0.29) is 17.7 Å². The zero-order valence-electron chi connectivity index (χ0n) is 10.3. The molecular weight excluding hydrogens is 200 g/mol. The average Bonchev–Trinajstić information content (AvgIpc) is 2.63. The third-order valence-corrected chi connectivity index (χ3v) is 4.34. The van der Waals surface area contributed by atoms with Crippen molar-refractivity contribution in [2.45, 2.75) is 75.5 Å². The lowest BCUT2D eigenvalue weighted by atomic mass is 9.80. The lowest BCUT2D eigenvalue weighted by Crippen LogP contribution is -2.62. The Morgan fingerprint density at radius 1 is 0.938 bits per heavy atom. The van der Waals surface area contributed by atoms with Gasteiger partial charge in [0.2, 0.25) is 0 Å². The molecule has 3 heteroatoms. The number of hydrogen-bond acceptors (Lipinski definition) is 3. The van der Waals surface area contributed by atoms with E-state index in [2.05, 4.69) is 0 Å². The van der Waals surface area contributed by atoms with Gasteiger partial charge in [0.15, 0.2) is 0 Å². The molecule has 1 saturated carbocycles. The standard InChI is InChI=1S/C13H26N2O/c14-11-7-3-1-5-9-13(11,15)12-8-4-2-6-10-16-12/h11-12H,1-10,14-15H2. The Kier molecular flexibility index (Phi) is 4.22. The van der Waals surface area contributed by atoms with Gasteiger partial charge in [0, 0.05) is 12.6 Å². The van der Waals surface area contributed by atoms with Gasteiger partial charge < -0.3 is 16.2 Å². The zero-order chi connectivity index (χ0) is 11.4. The Bertz CT molecular complexity index is 214. The van der Waals surface area contributed by atoms with Gasteiger partial charge in [0.25, 0.3) is 0 Å². The lowest BCUT2D eigenvalue weighted by molar-refractivity contribution is -0.0100. The summed E-state index contributed by atoms with van der Waals surface area (Å²) in [6.45, 7) is 0.871. The molecule has 0 amide bonds. The smallest absolute Gasteiger partial charge is 0.0769 e. The Morgan fingerprint density at radius 3 is 2.56 bits per heavy atom. The van der Waals surface area contributed by atoms with Gasteiger partial charge in [-0.3, -0.25) is 0 Å². The Labute approximate surface area is 98.9 Å². The van der Waals surface area contributed by atoms with E-state index in [0.717, 1.165) is 25.9 Å². The molecule has 0 aromatic carbocycles. The summed E-state index contributed by atoms with van der Waals surface area (Å²) >= 11 is 0. The summed E-state index contributed by atoms with van der Waals surface area (Å²) in [5.41, 5.74) is 12.6. The molecule has 1 aliphatic heterocycles. The Balaban J connectivity index is 2.06. The van der Waals surface area contributed by atoms with Crippen molar-refractivity contribution in [3.8, 4) is 0 Å². The number of ether oxygens (including phenoxy) is 1. The lowest BCUT2D eigenvalue weighted by Gasteiger charge is -2.40.